The van der Waals surface area contributed by atoms with Gasteiger partial charge in [-0.1, -0.05) is 0 Å². The molecular formula is C17H16FN3O3. The molecule has 1 N–H and O–H groups in total. The molecule has 24 heavy (non-hydrogen) atoms. The maximum Gasteiger partial charge on any atom is 0.289 e. The van der Waals surface area contributed by atoms with E-state index in [1.165, 1.54) is 24.3 Å². The summed E-state index contributed by atoms with van der Waals surface area (Å²) in [5.41, 5.74) is 0.852. The Balaban J connectivity index is 1.77. The van der Waals surface area contributed by atoms with Gasteiger partial charge >= 0.3 is 0 Å². The van der Waals surface area contributed by atoms with Crippen molar-refractivity contribution in [1.82, 2.24) is 15.1 Å². The van der Waals surface area contributed by atoms with Gasteiger partial charge in [0.2, 0.25) is 5.88 Å². The molecule has 0 radical (unpaired) electrons. The van der Waals surface area contributed by atoms with Crippen LogP contribution in [-0.2, 0) is 4.79 Å². The molecule has 1 aliphatic rings. The average Bonchev–Trinajstić information content (AvgIpc) is 2.86. The van der Waals surface area contributed by atoms with E-state index in [2.05, 4.69) is 10.2 Å². The zero-order valence-corrected chi connectivity index (χ0v) is 13.2. The Bertz CT molecular complexity index is 786. The van der Waals surface area contributed by atoms with E-state index in [4.69, 9.17) is 4.74 Å². The molecule has 1 aliphatic heterocycles. The van der Waals surface area contributed by atoms with Crippen molar-refractivity contribution in [3.05, 3.63) is 53.7 Å². The highest BCUT2D eigenvalue weighted by atomic mass is 19.1. The molecule has 2 heterocycles. The van der Waals surface area contributed by atoms with Crippen LogP contribution < -0.4 is 4.74 Å². The van der Waals surface area contributed by atoms with Crippen LogP contribution in [0.5, 0.6) is 11.6 Å². The Labute approximate surface area is 138 Å². The predicted molar refractivity (Wildman–Crippen MR) is 84.9 cm³/mol. The Morgan fingerprint density at radius 3 is 2.42 bits per heavy atom. The molecule has 0 saturated heterocycles. The van der Waals surface area contributed by atoms with Crippen LogP contribution in [0.3, 0.4) is 0 Å². The number of halogens is 1. The fraction of sp³-hybridized carbons (Fsp3) is 0.235. The fourth-order valence-corrected chi connectivity index (χ4v) is 2.36. The number of carbonyl (C=O) groups is 1. The highest BCUT2D eigenvalue weighted by Crippen LogP contribution is 2.27. The molecule has 7 heteroatoms. The third kappa shape index (κ3) is 3.05. The summed E-state index contributed by atoms with van der Waals surface area (Å²) in [6.07, 6.45) is 0. The molecular weight excluding hydrogens is 313 g/mol. The van der Waals surface area contributed by atoms with Gasteiger partial charge in [-0.2, -0.15) is 0 Å². The molecule has 0 spiro atoms. The summed E-state index contributed by atoms with van der Waals surface area (Å²) < 4.78 is 18.3. The Kier molecular flexibility index (Phi) is 4.16. The number of aromatic nitrogens is 2. The predicted octanol–water partition coefficient (Wildman–Crippen LogP) is 2.93. The first-order valence-electron chi connectivity index (χ1n) is 7.46. The van der Waals surface area contributed by atoms with E-state index in [1.54, 1.807) is 17.0 Å². The highest BCUT2D eigenvalue weighted by molar-refractivity contribution is 6.03. The molecule has 124 valence electrons. The fourth-order valence-electron chi connectivity index (χ4n) is 2.36. The molecule has 0 aliphatic carbocycles. The van der Waals surface area contributed by atoms with E-state index < -0.39 is 5.91 Å². The van der Waals surface area contributed by atoms with Crippen molar-refractivity contribution < 1.29 is 19.0 Å². The third-order valence-corrected chi connectivity index (χ3v) is 3.69. The van der Waals surface area contributed by atoms with Crippen LogP contribution in [-0.4, -0.2) is 38.7 Å². The molecule has 1 amide bonds. The lowest BCUT2D eigenvalue weighted by Gasteiger charge is -2.20. The molecule has 0 bridgehead atoms. The molecule has 0 saturated carbocycles. The van der Waals surface area contributed by atoms with Gasteiger partial charge in [0.05, 0.1) is 12.2 Å². The van der Waals surface area contributed by atoms with Crippen molar-refractivity contribution in [3.63, 3.8) is 0 Å². The van der Waals surface area contributed by atoms with E-state index in [1.807, 2.05) is 13.8 Å². The molecule has 6 nitrogen and oxygen atoms in total. The zero-order valence-electron chi connectivity index (χ0n) is 13.2. The van der Waals surface area contributed by atoms with Crippen LogP contribution in [0.25, 0.3) is 5.57 Å². The smallest absolute Gasteiger partial charge is 0.289 e. The summed E-state index contributed by atoms with van der Waals surface area (Å²) in [5.74, 6) is -0.400. The Morgan fingerprint density at radius 1 is 1.17 bits per heavy atom. The van der Waals surface area contributed by atoms with Crippen LogP contribution in [0.2, 0.25) is 0 Å². The average molecular weight is 329 g/mol. The summed E-state index contributed by atoms with van der Waals surface area (Å²) in [6, 6.07) is 8.70. The van der Waals surface area contributed by atoms with Crippen molar-refractivity contribution in [2.24, 2.45) is 0 Å². The highest BCUT2D eigenvalue weighted by Gasteiger charge is 2.33. The van der Waals surface area contributed by atoms with Crippen molar-refractivity contribution in [3.8, 4) is 11.6 Å². The lowest BCUT2D eigenvalue weighted by atomic mass is 10.2. The second-order valence-electron chi connectivity index (χ2n) is 5.67. The minimum absolute atomic E-state index is 0.0220. The summed E-state index contributed by atoms with van der Waals surface area (Å²) in [6.45, 7) is 4.04. The van der Waals surface area contributed by atoms with Crippen molar-refractivity contribution in [2.75, 3.05) is 6.54 Å². The SMILES string of the molecule is CC(C)N1CC(c2ccc(Oc3ccc(F)cc3)nn2)=C(O)C1=O. The maximum absolute atomic E-state index is 12.9. The van der Waals surface area contributed by atoms with Gasteiger partial charge in [-0.05, 0) is 44.2 Å². The van der Waals surface area contributed by atoms with Gasteiger partial charge in [-0.3, -0.25) is 4.79 Å². The van der Waals surface area contributed by atoms with Gasteiger partial charge < -0.3 is 14.7 Å². The summed E-state index contributed by atoms with van der Waals surface area (Å²) in [7, 11) is 0. The van der Waals surface area contributed by atoms with Crippen LogP contribution in [0.1, 0.15) is 19.5 Å². The number of rotatable bonds is 4. The van der Waals surface area contributed by atoms with Crippen LogP contribution in [0.15, 0.2) is 42.2 Å². The van der Waals surface area contributed by atoms with Crippen LogP contribution >= 0.6 is 0 Å². The number of nitrogens with zero attached hydrogens (tertiary/aromatic N) is 3. The molecule has 0 fully saturated rings. The number of hydrogen-bond donors (Lipinski definition) is 1. The Morgan fingerprint density at radius 2 is 1.88 bits per heavy atom. The van der Waals surface area contributed by atoms with Gasteiger partial charge in [-0.15, -0.1) is 10.2 Å². The van der Waals surface area contributed by atoms with Crippen molar-refractivity contribution in [1.29, 1.82) is 0 Å². The topological polar surface area (TPSA) is 75.6 Å². The summed E-state index contributed by atoms with van der Waals surface area (Å²) >= 11 is 0. The minimum Gasteiger partial charge on any atom is -0.503 e. The maximum atomic E-state index is 12.9. The van der Waals surface area contributed by atoms with E-state index in [0.717, 1.165) is 0 Å². The monoisotopic (exact) mass is 329 g/mol. The number of amides is 1. The largest absolute Gasteiger partial charge is 0.503 e. The van der Waals surface area contributed by atoms with Gasteiger partial charge in [0, 0.05) is 17.7 Å². The van der Waals surface area contributed by atoms with E-state index in [-0.39, 0.29) is 30.0 Å². The van der Waals surface area contributed by atoms with E-state index in [9.17, 15) is 14.3 Å². The first-order valence-corrected chi connectivity index (χ1v) is 7.46. The molecule has 0 unspecified atom stereocenters. The van der Waals surface area contributed by atoms with Crippen LogP contribution in [0, 0.1) is 5.82 Å². The molecule has 1 aromatic carbocycles. The summed E-state index contributed by atoms with van der Waals surface area (Å²) in [5, 5.41) is 18.0. The molecule has 3 rings (SSSR count). The van der Waals surface area contributed by atoms with Gasteiger partial charge in [0.25, 0.3) is 5.91 Å². The number of hydrogen-bond acceptors (Lipinski definition) is 5. The summed E-state index contributed by atoms with van der Waals surface area (Å²) in [4.78, 5) is 13.5. The zero-order chi connectivity index (χ0) is 17.3. The van der Waals surface area contributed by atoms with Crippen molar-refractivity contribution >= 4 is 11.5 Å². The minimum atomic E-state index is -0.409. The quantitative estimate of drug-likeness (QED) is 0.933. The lowest BCUT2D eigenvalue weighted by Crippen LogP contribution is -2.33. The van der Waals surface area contributed by atoms with Crippen molar-refractivity contribution in [2.45, 2.75) is 19.9 Å². The molecule has 2 aromatic rings. The second-order valence-corrected chi connectivity index (χ2v) is 5.67. The number of aliphatic hydroxyl groups excluding tert-OH is 1. The first kappa shape index (κ1) is 15.9. The van der Waals surface area contributed by atoms with E-state index in [0.29, 0.717) is 17.0 Å². The molecule has 1 aromatic heterocycles. The lowest BCUT2D eigenvalue weighted by molar-refractivity contribution is -0.129. The Hall–Kier alpha value is -2.96. The van der Waals surface area contributed by atoms with Crippen LogP contribution in [0.4, 0.5) is 4.39 Å². The number of ether oxygens (including phenoxy) is 1. The van der Waals surface area contributed by atoms with Gasteiger partial charge in [0.15, 0.2) is 5.76 Å². The number of benzene rings is 1. The van der Waals surface area contributed by atoms with E-state index >= 15 is 0 Å². The third-order valence-electron chi connectivity index (χ3n) is 3.69. The number of aliphatic hydroxyl groups is 1. The second kappa shape index (κ2) is 6.27. The normalized spacial score (nSPS) is 14.7. The number of carbonyl (C=O) groups excluding carboxylic acids is 1. The van der Waals surface area contributed by atoms with Gasteiger partial charge in [-0.25, -0.2) is 4.39 Å². The first-order chi connectivity index (χ1) is 11.5. The van der Waals surface area contributed by atoms with Gasteiger partial charge in [0.1, 0.15) is 11.6 Å². The standard InChI is InChI=1S/C17H16FN3O3/c1-10(2)21-9-13(16(22)17(21)23)14-7-8-15(20-19-14)24-12-5-3-11(18)4-6-12/h3-8,10,22H,9H2,1-2H3. The molecule has 0 atom stereocenters.